The summed E-state index contributed by atoms with van der Waals surface area (Å²) in [6.45, 7) is 4.45. The van der Waals surface area contributed by atoms with Crippen molar-refractivity contribution in [2.45, 2.75) is 39.7 Å². The molecule has 18 heavy (non-hydrogen) atoms. The molecule has 1 aliphatic rings. The maximum atomic E-state index is 11.8. The molecular formula is C14H20N2O2. The van der Waals surface area contributed by atoms with E-state index in [1.165, 1.54) is 0 Å². The summed E-state index contributed by atoms with van der Waals surface area (Å²) in [5.74, 6) is 0.250. The first-order valence-electron chi connectivity index (χ1n) is 6.39. The molecule has 0 unspecified atom stereocenters. The molecule has 1 amide bonds. The number of amides is 1. The van der Waals surface area contributed by atoms with Crippen molar-refractivity contribution in [2.24, 2.45) is 5.41 Å². The van der Waals surface area contributed by atoms with Crippen LogP contribution in [-0.4, -0.2) is 23.3 Å². The minimum atomic E-state index is -0.470. The van der Waals surface area contributed by atoms with E-state index in [0.29, 0.717) is 13.0 Å². The van der Waals surface area contributed by atoms with Gasteiger partial charge in [0.1, 0.15) is 0 Å². The third-order valence-electron chi connectivity index (χ3n) is 3.60. The third kappa shape index (κ3) is 2.19. The third-order valence-corrected chi connectivity index (χ3v) is 3.60. The Hall–Kier alpha value is -1.58. The summed E-state index contributed by atoms with van der Waals surface area (Å²) < 4.78 is 2.06. The van der Waals surface area contributed by atoms with Gasteiger partial charge in [-0.15, -0.1) is 0 Å². The molecular weight excluding hydrogens is 228 g/mol. The molecule has 1 aromatic rings. The number of hydrogen-bond acceptors (Lipinski definition) is 2. The lowest BCUT2D eigenvalue weighted by atomic mass is 9.91. The fourth-order valence-electron chi connectivity index (χ4n) is 2.57. The largest absolute Gasteiger partial charge is 0.359 e. The van der Waals surface area contributed by atoms with Gasteiger partial charge in [-0.3, -0.25) is 9.59 Å². The summed E-state index contributed by atoms with van der Waals surface area (Å²) in [6.07, 6.45) is 4.42. The van der Waals surface area contributed by atoms with Crippen LogP contribution in [0.2, 0.25) is 0 Å². The molecule has 4 nitrogen and oxygen atoms in total. The van der Waals surface area contributed by atoms with Crippen molar-refractivity contribution in [3.63, 3.8) is 0 Å². The zero-order chi connectivity index (χ0) is 13.3. The van der Waals surface area contributed by atoms with E-state index in [2.05, 4.69) is 9.88 Å². The molecule has 0 bridgehead atoms. The Balaban J connectivity index is 2.26. The highest BCUT2D eigenvalue weighted by atomic mass is 16.2. The fraction of sp³-hybridized carbons (Fsp3) is 0.571. The van der Waals surface area contributed by atoms with E-state index >= 15 is 0 Å². The molecule has 2 rings (SSSR count). The number of nitrogens with zero attached hydrogens (tertiary/aromatic N) is 1. The number of Topliss-reactive ketones (excluding diaryl/α,β-unsaturated/α-hetero) is 1. The number of hydrogen-bond donors (Lipinski definition) is 1. The van der Waals surface area contributed by atoms with E-state index in [9.17, 15) is 9.59 Å². The molecule has 0 aliphatic heterocycles. The predicted octanol–water partition coefficient (Wildman–Crippen LogP) is 1.78. The lowest BCUT2D eigenvalue weighted by Gasteiger charge is -2.25. The first-order chi connectivity index (χ1) is 8.45. The van der Waals surface area contributed by atoms with Crippen molar-refractivity contribution in [1.82, 2.24) is 9.88 Å². The summed E-state index contributed by atoms with van der Waals surface area (Å²) in [7, 11) is 1.65. The van der Waals surface area contributed by atoms with Gasteiger partial charge >= 0.3 is 0 Å². The van der Waals surface area contributed by atoms with Crippen LogP contribution >= 0.6 is 0 Å². The Labute approximate surface area is 107 Å². The zero-order valence-corrected chi connectivity index (χ0v) is 11.2. The van der Waals surface area contributed by atoms with Gasteiger partial charge in [-0.1, -0.05) is 0 Å². The van der Waals surface area contributed by atoms with Crippen molar-refractivity contribution in [2.75, 3.05) is 7.05 Å². The zero-order valence-electron chi connectivity index (χ0n) is 11.2. The van der Waals surface area contributed by atoms with Crippen molar-refractivity contribution < 1.29 is 9.59 Å². The average Bonchev–Trinajstić information content (AvgIpc) is 2.72. The minimum absolute atomic E-state index is 0.0204. The first-order valence-corrected chi connectivity index (χ1v) is 6.39. The number of ketones is 1. The molecule has 4 heteroatoms. The van der Waals surface area contributed by atoms with Crippen LogP contribution in [0.25, 0.3) is 0 Å². The first kappa shape index (κ1) is 12.9. The van der Waals surface area contributed by atoms with Crippen LogP contribution in [0.4, 0.5) is 0 Å². The molecule has 0 saturated heterocycles. The number of fused-ring (bicyclic) bond motifs is 1. The average molecular weight is 248 g/mol. The van der Waals surface area contributed by atoms with Gasteiger partial charge in [0.05, 0.1) is 5.41 Å². The van der Waals surface area contributed by atoms with Crippen LogP contribution in [-0.2, 0) is 17.8 Å². The summed E-state index contributed by atoms with van der Waals surface area (Å²) in [5.41, 5.74) is 1.46. The summed E-state index contributed by atoms with van der Waals surface area (Å²) in [4.78, 5) is 23.6. The quantitative estimate of drug-likeness (QED) is 0.886. The molecule has 0 radical (unpaired) electrons. The molecule has 0 saturated carbocycles. The lowest BCUT2D eigenvalue weighted by molar-refractivity contribution is -0.129. The Kier molecular flexibility index (Phi) is 3.28. The number of carbonyl (C=O) groups excluding carboxylic acids is 2. The van der Waals surface area contributed by atoms with Gasteiger partial charge in [-0.05, 0) is 32.8 Å². The topological polar surface area (TPSA) is 51.1 Å². The molecule has 1 aromatic heterocycles. The van der Waals surface area contributed by atoms with Gasteiger partial charge in [0.2, 0.25) is 5.91 Å². The van der Waals surface area contributed by atoms with Gasteiger partial charge in [0.25, 0.3) is 0 Å². The van der Waals surface area contributed by atoms with Crippen LogP contribution in [0.1, 0.15) is 42.7 Å². The lowest BCUT2D eigenvalue weighted by Crippen LogP contribution is -2.38. The molecule has 0 aromatic carbocycles. The summed E-state index contributed by atoms with van der Waals surface area (Å²) in [5, 5.41) is 2.69. The maximum absolute atomic E-state index is 11.8. The second-order valence-corrected chi connectivity index (χ2v) is 5.54. The standard InChI is InChI=1S/C14H20N2O2/c1-14(2,13(18)15-3)9-16-8-7-10-11(16)5-4-6-12(10)17/h7-8H,4-6,9H2,1-3H3,(H,15,18). The molecule has 0 fully saturated rings. The van der Waals surface area contributed by atoms with Gasteiger partial charge in [0.15, 0.2) is 5.78 Å². The number of aromatic nitrogens is 1. The van der Waals surface area contributed by atoms with Crippen LogP contribution in [0.3, 0.4) is 0 Å². The molecule has 1 aliphatic carbocycles. The summed E-state index contributed by atoms with van der Waals surface area (Å²) >= 11 is 0. The smallest absolute Gasteiger partial charge is 0.227 e. The SMILES string of the molecule is CNC(=O)C(C)(C)Cn1ccc2c1CCCC2=O. The van der Waals surface area contributed by atoms with E-state index in [4.69, 9.17) is 0 Å². The van der Waals surface area contributed by atoms with Crippen molar-refractivity contribution in [3.8, 4) is 0 Å². The Morgan fingerprint density at radius 3 is 2.83 bits per heavy atom. The second-order valence-electron chi connectivity index (χ2n) is 5.54. The van der Waals surface area contributed by atoms with Gasteiger partial charge in [-0.25, -0.2) is 0 Å². The van der Waals surface area contributed by atoms with E-state index in [1.54, 1.807) is 7.05 Å². The Morgan fingerprint density at radius 2 is 2.17 bits per heavy atom. The number of carbonyl (C=O) groups is 2. The molecule has 0 atom stereocenters. The Morgan fingerprint density at radius 1 is 1.44 bits per heavy atom. The predicted molar refractivity (Wildman–Crippen MR) is 69.5 cm³/mol. The summed E-state index contributed by atoms with van der Waals surface area (Å²) in [6, 6.07) is 1.89. The van der Waals surface area contributed by atoms with Gasteiger partial charge < -0.3 is 9.88 Å². The Bertz CT molecular complexity index is 486. The van der Waals surface area contributed by atoms with Crippen molar-refractivity contribution >= 4 is 11.7 Å². The van der Waals surface area contributed by atoms with Gasteiger partial charge in [-0.2, -0.15) is 0 Å². The normalized spacial score (nSPS) is 15.4. The van der Waals surface area contributed by atoms with Crippen molar-refractivity contribution in [3.05, 3.63) is 23.5 Å². The van der Waals surface area contributed by atoms with Crippen LogP contribution in [0, 0.1) is 5.41 Å². The monoisotopic (exact) mass is 248 g/mol. The number of rotatable bonds is 3. The van der Waals surface area contributed by atoms with E-state index in [-0.39, 0.29) is 11.7 Å². The molecule has 0 spiro atoms. The van der Waals surface area contributed by atoms with Crippen molar-refractivity contribution in [1.29, 1.82) is 0 Å². The molecule has 1 N–H and O–H groups in total. The maximum Gasteiger partial charge on any atom is 0.227 e. The molecule has 1 heterocycles. The van der Waals surface area contributed by atoms with Crippen LogP contribution in [0.5, 0.6) is 0 Å². The second kappa shape index (κ2) is 4.59. The van der Waals surface area contributed by atoms with E-state index < -0.39 is 5.41 Å². The van der Waals surface area contributed by atoms with Crippen LogP contribution < -0.4 is 5.32 Å². The number of nitrogens with one attached hydrogen (secondary N) is 1. The van der Waals surface area contributed by atoms with E-state index in [0.717, 1.165) is 24.1 Å². The van der Waals surface area contributed by atoms with Crippen LogP contribution in [0.15, 0.2) is 12.3 Å². The molecule has 98 valence electrons. The highest BCUT2D eigenvalue weighted by Crippen LogP contribution is 2.26. The minimum Gasteiger partial charge on any atom is -0.359 e. The fourth-order valence-corrected chi connectivity index (χ4v) is 2.57. The van der Waals surface area contributed by atoms with Gasteiger partial charge in [0, 0.05) is 37.5 Å². The highest BCUT2D eigenvalue weighted by molar-refractivity contribution is 5.98. The highest BCUT2D eigenvalue weighted by Gasteiger charge is 2.29. The van der Waals surface area contributed by atoms with E-state index in [1.807, 2.05) is 26.1 Å².